The van der Waals surface area contributed by atoms with Crippen LogP contribution in [0.2, 0.25) is 0 Å². The molecule has 0 radical (unpaired) electrons. The number of hydrogen-bond acceptors (Lipinski definition) is 4. The molecule has 1 aromatic carbocycles. The third-order valence-electron chi connectivity index (χ3n) is 6.07. The third-order valence-corrected chi connectivity index (χ3v) is 6.07. The molecule has 0 aromatic heterocycles. The van der Waals surface area contributed by atoms with Crippen LogP contribution in [0.1, 0.15) is 116 Å². The summed E-state index contributed by atoms with van der Waals surface area (Å²) in [4.78, 5) is 25.1. The molecule has 4 nitrogen and oxygen atoms in total. The molecule has 1 unspecified atom stereocenters. The zero-order chi connectivity index (χ0) is 24.0. The van der Waals surface area contributed by atoms with Crippen molar-refractivity contribution in [1.29, 1.82) is 0 Å². The zero-order valence-corrected chi connectivity index (χ0v) is 21.3. The summed E-state index contributed by atoms with van der Waals surface area (Å²) in [5, 5.41) is 0. The molecule has 188 valence electrons. The molecule has 0 bridgehead atoms. The summed E-state index contributed by atoms with van der Waals surface area (Å²) in [5.41, 5.74) is 1.04. The largest absolute Gasteiger partial charge is 0.466 e. The van der Waals surface area contributed by atoms with E-state index in [1.165, 1.54) is 64.2 Å². The Kier molecular flexibility index (Phi) is 18.4. The highest BCUT2D eigenvalue weighted by Crippen LogP contribution is 2.16. The van der Waals surface area contributed by atoms with E-state index in [0.717, 1.165) is 31.2 Å². The highest BCUT2D eigenvalue weighted by atomic mass is 16.5. The molecular formula is C29H48O4. The van der Waals surface area contributed by atoms with Gasteiger partial charge in [0, 0.05) is 0 Å². The minimum absolute atomic E-state index is 0.0846. The molecule has 0 fully saturated rings. The molecule has 0 amide bonds. The maximum atomic E-state index is 12.7. The van der Waals surface area contributed by atoms with E-state index in [4.69, 9.17) is 9.47 Å². The van der Waals surface area contributed by atoms with E-state index in [9.17, 15) is 9.59 Å². The molecule has 1 aromatic rings. The topological polar surface area (TPSA) is 52.6 Å². The summed E-state index contributed by atoms with van der Waals surface area (Å²) in [6.45, 7) is 5.31. The molecule has 0 saturated carbocycles. The second-order valence-electron chi connectivity index (χ2n) is 9.22. The number of carbonyl (C=O) groups is 2. The van der Waals surface area contributed by atoms with Crippen molar-refractivity contribution < 1.29 is 19.1 Å². The number of rotatable bonds is 21. The third kappa shape index (κ3) is 16.4. The highest BCUT2D eigenvalue weighted by Gasteiger charge is 2.24. The second-order valence-corrected chi connectivity index (χ2v) is 9.22. The lowest BCUT2D eigenvalue weighted by Gasteiger charge is -2.16. The van der Waals surface area contributed by atoms with Crippen LogP contribution < -0.4 is 0 Å². The predicted octanol–water partition coefficient (Wildman–Crippen LogP) is 7.82. The SMILES string of the molecule is CCCCCCCCCOC(=O)CC(Cc1ccccc1)C(=O)OCCCCCCCCC. The van der Waals surface area contributed by atoms with E-state index in [2.05, 4.69) is 13.8 Å². The van der Waals surface area contributed by atoms with Crippen LogP contribution in [-0.4, -0.2) is 25.2 Å². The quantitative estimate of drug-likeness (QED) is 0.139. The van der Waals surface area contributed by atoms with Gasteiger partial charge in [-0.25, -0.2) is 0 Å². The van der Waals surface area contributed by atoms with Crippen molar-refractivity contribution in [1.82, 2.24) is 0 Å². The Morgan fingerprint density at radius 2 is 1.15 bits per heavy atom. The van der Waals surface area contributed by atoms with Gasteiger partial charge in [0.25, 0.3) is 0 Å². The lowest BCUT2D eigenvalue weighted by atomic mass is 9.96. The Balaban J connectivity index is 2.34. The second kappa shape index (κ2) is 20.7. The molecule has 0 aliphatic heterocycles. The van der Waals surface area contributed by atoms with Crippen LogP contribution in [0.4, 0.5) is 0 Å². The molecule has 0 saturated heterocycles. The van der Waals surface area contributed by atoms with Crippen LogP contribution in [0.15, 0.2) is 30.3 Å². The Morgan fingerprint density at radius 3 is 1.70 bits per heavy atom. The first-order valence-corrected chi connectivity index (χ1v) is 13.5. The standard InChI is InChI=1S/C29H48O4/c1-3-5-7-9-11-13-18-22-32-28(30)25-27(24-26-20-16-15-17-21-26)29(31)33-23-19-14-12-10-8-6-4-2/h15-17,20-21,27H,3-14,18-19,22-25H2,1-2H3. The van der Waals surface area contributed by atoms with Crippen molar-refractivity contribution in [2.24, 2.45) is 5.92 Å². The maximum absolute atomic E-state index is 12.7. The zero-order valence-electron chi connectivity index (χ0n) is 21.3. The van der Waals surface area contributed by atoms with E-state index in [1.54, 1.807) is 0 Å². The van der Waals surface area contributed by atoms with E-state index in [-0.39, 0.29) is 18.4 Å². The summed E-state index contributed by atoms with van der Waals surface area (Å²) in [6.07, 6.45) is 17.1. The molecule has 0 N–H and O–H groups in total. The average Bonchev–Trinajstić information content (AvgIpc) is 2.82. The van der Waals surface area contributed by atoms with Crippen molar-refractivity contribution in [2.75, 3.05) is 13.2 Å². The van der Waals surface area contributed by atoms with Crippen molar-refractivity contribution in [3.63, 3.8) is 0 Å². The highest BCUT2D eigenvalue weighted by molar-refractivity contribution is 5.80. The summed E-state index contributed by atoms with van der Waals surface area (Å²) >= 11 is 0. The lowest BCUT2D eigenvalue weighted by Crippen LogP contribution is -2.24. The Labute approximate surface area is 202 Å². The average molecular weight is 461 g/mol. The number of carbonyl (C=O) groups excluding carboxylic acids is 2. The Bertz CT molecular complexity index is 599. The van der Waals surface area contributed by atoms with Crippen molar-refractivity contribution in [2.45, 2.75) is 117 Å². The normalized spacial score (nSPS) is 11.8. The smallest absolute Gasteiger partial charge is 0.309 e. The fourth-order valence-electron chi connectivity index (χ4n) is 3.99. The van der Waals surface area contributed by atoms with Gasteiger partial charge in [-0.1, -0.05) is 121 Å². The Morgan fingerprint density at radius 1 is 0.667 bits per heavy atom. The van der Waals surface area contributed by atoms with Crippen LogP contribution in [0, 0.1) is 5.92 Å². The van der Waals surface area contributed by atoms with Crippen LogP contribution in [0.5, 0.6) is 0 Å². The number of benzene rings is 1. The van der Waals surface area contributed by atoms with Crippen LogP contribution in [-0.2, 0) is 25.5 Å². The van der Waals surface area contributed by atoms with Gasteiger partial charge >= 0.3 is 11.9 Å². The molecule has 33 heavy (non-hydrogen) atoms. The van der Waals surface area contributed by atoms with Gasteiger partial charge in [-0.15, -0.1) is 0 Å². The van der Waals surface area contributed by atoms with Gasteiger partial charge < -0.3 is 9.47 Å². The predicted molar refractivity (Wildman–Crippen MR) is 136 cm³/mol. The van der Waals surface area contributed by atoms with Gasteiger partial charge in [0.15, 0.2) is 0 Å². The van der Waals surface area contributed by atoms with E-state index < -0.39 is 5.92 Å². The first kappa shape index (κ1) is 29.2. The number of esters is 2. The Hall–Kier alpha value is -1.84. The van der Waals surface area contributed by atoms with Gasteiger partial charge in [0.2, 0.25) is 0 Å². The lowest BCUT2D eigenvalue weighted by molar-refractivity contribution is -0.155. The molecule has 4 heteroatoms. The summed E-state index contributed by atoms with van der Waals surface area (Å²) < 4.78 is 11.0. The molecule has 0 aliphatic rings. The van der Waals surface area contributed by atoms with Gasteiger partial charge in [0.05, 0.1) is 25.6 Å². The number of unbranched alkanes of at least 4 members (excludes halogenated alkanes) is 12. The first-order chi connectivity index (χ1) is 16.2. The molecule has 0 aliphatic carbocycles. The fourth-order valence-corrected chi connectivity index (χ4v) is 3.99. The van der Waals surface area contributed by atoms with Crippen LogP contribution in [0.3, 0.4) is 0 Å². The molecule has 0 spiro atoms. The summed E-state index contributed by atoms with van der Waals surface area (Å²) in [5.74, 6) is -1.06. The van der Waals surface area contributed by atoms with Gasteiger partial charge in [-0.05, 0) is 24.8 Å². The van der Waals surface area contributed by atoms with Crippen LogP contribution >= 0.6 is 0 Å². The first-order valence-electron chi connectivity index (χ1n) is 13.5. The van der Waals surface area contributed by atoms with Gasteiger partial charge in [-0.2, -0.15) is 0 Å². The van der Waals surface area contributed by atoms with E-state index in [1.807, 2.05) is 30.3 Å². The summed E-state index contributed by atoms with van der Waals surface area (Å²) in [6, 6.07) is 9.83. The minimum atomic E-state index is -0.488. The molecule has 1 rings (SSSR count). The maximum Gasteiger partial charge on any atom is 0.309 e. The number of hydrogen-bond donors (Lipinski definition) is 0. The number of ether oxygens (including phenoxy) is 2. The molecule has 1 atom stereocenters. The molecule has 0 heterocycles. The van der Waals surface area contributed by atoms with E-state index >= 15 is 0 Å². The van der Waals surface area contributed by atoms with Crippen molar-refractivity contribution in [3.05, 3.63) is 35.9 Å². The van der Waals surface area contributed by atoms with Crippen LogP contribution in [0.25, 0.3) is 0 Å². The van der Waals surface area contributed by atoms with Crippen molar-refractivity contribution in [3.8, 4) is 0 Å². The summed E-state index contributed by atoms with van der Waals surface area (Å²) in [7, 11) is 0. The minimum Gasteiger partial charge on any atom is -0.466 e. The van der Waals surface area contributed by atoms with Gasteiger partial charge in [0.1, 0.15) is 0 Å². The fraction of sp³-hybridized carbons (Fsp3) is 0.724. The van der Waals surface area contributed by atoms with Crippen molar-refractivity contribution >= 4 is 11.9 Å². The molecular weight excluding hydrogens is 412 g/mol. The van der Waals surface area contributed by atoms with E-state index in [0.29, 0.717) is 19.6 Å². The monoisotopic (exact) mass is 460 g/mol. The van der Waals surface area contributed by atoms with Gasteiger partial charge in [-0.3, -0.25) is 9.59 Å².